The lowest BCUT2D eigenvalue weighted by molar-refractivity contribution is -0.153. The summed E-state index contributed by atoms with van der Waals surface area (Å²) in [6, 6.07) is 4.80. The zero-order valence-electron chi connectivity index (χ0n) is 25.9. The second kappa shape index (κ2) is 15.1. The van der Waals surface area contributed by atoms with Gasteiger partial charge in [-0.15, -0.1) is 11.3 Å². The summed E-state index contributed by atoms with van der Waals surface area (Å²) < 4.78 is 37.3. The van der Waals surface area contributed by atoms with Crippen LogP contribution in [0.5, 0.6) is 5.88 Å². The third kappa shape index (κ3) is 7.81. The van der Waals surface area contributed by atoms with E-state index in [9.17, 15) is 14.7 Å². The number of amides is 2. The lowest BCUT2D eigenvalue weighted by Gasteiger charge is -2.29. The largest absolute Gasteiger partial charge is 0.470 e. The molecule has 3 heterocycles. The monoisotopic (exact) mass is 632 g/mol. The Bertz CT molecular complexity index is 1410. The van der Waals surface area contributed by atoms with Gasteiger partial charge in [0.15, 0.2) is 12.1 Å². The minimum Gasteiger partial charge on any atom is -0.470 e. The molecule has 13 heteroatoms. The van der Waals surface area contributed by atoms with Crippen molar-refractivity contribution in [3.05, 3.63) is 52.6 Å². The van der Waals surface area contributed by atoms with Crippen LogP contribution in [-0.2, 0) is 19.1 Å². The second-order valence-electron chi connectivity index (χ2n) is 11.1. The number of nitrogens with one attached hydrogen (secondary N) is 1. The van der Waals surface area contributed by atoms with Gasteiger partial charge in [0.25, 0.3) is 5.88 Å². The van der Waals surface area contributed by atoms with Gasteiger partial charge in [-0.05, 0) is 50.4 Å². The molecule has 1 aromatic carbocycles. The van der Waals surface area contributed by atoms with Crippen LogP contribution in [0.1, 0.15) is 70.0 Å². The number of carbonyl (C=O) groups is 2. The summed E-state index contributed by atoms with van der Waals surface area (Å²) in [7, 11) is 0. The van der Waals surface area contributed by atoms with E-state index in [0.29, 0.717) is 24.3 Å². The highest BCUT2D eigenvalue weighted by atomic mass is 32.1. The van der Waals surface area contributed by atoms with E-state index >= 15 is 4.39 Å². The minimum atomic E-state index is -0.944. The molecule has 1 aliphatic rings. The number of benzene rings is 1. The molecule has 4 rings (SSSR count). The molecule has 11 nitrogen and oxygen atoms in total. The van der Waals surface area contributed by atoms with Gasteiger partial charge < -0.3 is 34.1 Å². The zero-order valence-corrected chi connectivity index (χ0v) is 26.7. The first-order valence-electron chi connectivity index (χ1n) is 14.8. The predicted octanol–water partition coefficient (Wildman–Crippen LogP) is 4.60. The van der Waals surface area contributed by atoms with Crippen molar-refractivity contribution in [3.63, 3.8) is 0 Å². The van der Waals surface area contributed by atoms with Crippen molar-refractivity contribution in [2.24, 2.45) is 5.92 Å². The maximum absolute atomic E-state index is 15.2. The molecule has 240 valence electrons. The first-order chi connectivity index (χ1) is 21.0. The number of nitrogens with zero attached hydrogens (tertiary/aromatic N) is 3. The molecule has 1 unspecified atom stereocenters. The number of ether oxygens (including phenoxy) is 3. The highest BCUT2D eigenvalue weighted by Gasteiger charge is 2.43. The maximum atomic E-state index is 15.2. The van der Waals surface area contributed by atoms with Crippen molar-refractivity contribution in [1.82, 2.24) is 20.4 Å². The number of halogens is 1. The van der Waals surface area contributed by atoms with Gasteiger partial charge in [0.1, 0.15) is 24.4 Å². The van der Waals surface area contributed by atoms with Crippen LogP contribution in [0.3, 0.4) is 0 Å². The Kier molecular flexibility index (Phi) is 11.5. The Balaban J connectivity index is 1.45. The van der Waals surface area contributed by atoms with E-state index in [1.165, 1.54) is 22.3 Å². The van der Waals surface area contributed by atoms with Gasteiger partial charge in [-0.3, -0.25) is 9.59 Å². The quantitative estimate of drug-likeness (QED) is 0.244. The lowest BCUT2D eigenvalue weighted by Crippen LogP contribution is -2.48. The molecule has 2 aromatic heterocycles. The summed E-state index contributed by atoms with van der Waals surface area (Å²) in [5.41, 5.74) is 3.55. The van der Waals surface area contributed by atoms with E-state index in [2.05, 4.69) is 15.5 Å². The van der Waals surface area contributed by atoms with Crippen LogP contribution in [0, 0.1) is 18.7 Å². The Labute approximate surface area is 260 Å². The van der Waals surface area contributed by atoms with E-state index in [1.54, 1.807) is 30.6 Å². The number of β-amino-alcohol motifs (C(OH)–C–C–N with tert-alkyl or cyclic N) is 1. The Morgan fingerprint density at radius 2 is 1.93 bits per heavy atom. The van der Waals surface area contributed by atoms with Gasteiger partial charge in [-0.2, -0.15) is 0 Å². The van der Waals surface area contributed by atoms with Gasteiger partial charge in [0.05, 0.1) is 28.2 Å². The second-order valence-corrected chi connectivity index (χ2v) is 11.9. The number of aliphatic hydroxyl groups excluding tert-OH is 1. The first-order valence-corrected chi connectivity index (χ1v) is 15.7. The van der Waals surface area contributed by atoms with Crippen LogP contribution in [0.25, 0.3) is 10.4 Å². The summed E-state index contributed by atoms with van der Waals surface area (Å²) >= 11 is 1.43. The topological polar surface area (TPSA) is 136 Å². The molecule has 44 heavy (non-hydrogen) atoms. The van der Waals surface area contributed by atoms with Crippen LogP contribution in [-0.4, -0.2) is 76.8 Å². The van der Waals surface area contributed by atoms with E-state index in [0.717, 1.165) is 10.6 Å². The molecule has 0 saturated carbocycles. The van der Waals surface area contributed by atoms with Crippen LogP contribution in [0.4, 0.5) is 4.39 Å². The average molecular weight is 633 g/mol. The fourth-order valence-electron chi connectivity index (χ4n) is 5.36. The normalized spacial score (nSPS) is 18.2. The molecule has 0 bridgehead atoms. The molecule has 0 spiro atoms. The van der Waals surface area contributed by atoms with Crippen molar-refractivity contribution < 1.29 is 37.8 Å². The molecule has 1 aliphatic heterocycles. The van der Waals surface area contributed by atoms with Gasteiger partial charge in [0.2, 0.25) is 11.8 Å². The third-order valence-corrected chi connectivity index (χ3v) is 8.49. The molecule has 1 saturated heterocycles. The van der Waals surface area contributed by atoms with Crippen molar-refractivity contribution >= 4 is 23.2 Å². The Morgan fingerprint density at radius 3 is 2.55 bits per heavy atom. The van der Waals surface area contributed by atoms with Gasteiger partial charge >= 0.3 is 0 Å². The van der Waals surface area contributed by atoms with Crippen molar-refractivity contribution in [2.45, 2.75) is 78.4 Å². The zero-order chi connectivity index (χ0) is 32.0. The fraction of sp³-hybridized carbons (Fsp3) is 0.548. The standard InChI is InChI=1S/C31H41FN4O7S/c1-7-40-27(41-8-2)15-42-26-13-25(43-35-26)28(17(3)4)31(39)36-14-21(37)12-24(36)30(38)34-18(5)22-10-9-20(11-23(22)32)29-19(6)33-16-44-29/h9-11,13,16-18,21,24,27-28,37H,7-8,12,14-15H2,1-6H3,(H,34,38)/t18-,21+,24-,28?/m0/s1. The number of aromatic nitrogens is 2. The molecule has 0 aliphatic carbocycles. The van der Waals surface area contributed by atoms with Gasteiger partial charge in [-0.25, -0.2) is 9.37 Å². The number of aliphatic hydroxyl groups is 1. The summed E-state index contributed by atoms with van der Waals surface area (Å²) in [5.74, 6) is -1.89. The summed E-state index contributed by atoms with van der Waals surface area (Å²) in [6.45, 7) is 11.9. The summed E-state index contributed by atoms with van der Waals surface area (Å²) in [4.78, 5) is 33.8. The summed E-state index contributed by atoms with van der Waals surface area (Å²) in [6.07, 6.45) is -1.41. The number of thiazole rings is 1. The number of hydrogen-bond donors (Lipinski definition) is 2. The predicted molar refractivity (Wildman–Crippen MR) is 162 cm³/mol. The number of carbonyl (C=O) groups excluding carboxylic acids is 2. The van der Waals surface area contributed by atoms with Gasteiger partial charge in [-0.1, -0.05) is 26.0 Å². The van der Waals surface area contributed by atoms with E-state index in [4.69, 9.17) is 18.7 Å². The molecule has 3 aromatic rings. The van der Waals surface area contributed by atoms with Gasteiger partial charge in [0, 0.05) is 37.8 Å². The number of hydrogen-bond acceptors (Lipinski definition) is 10. The number of rotatable bonds is 14. The van der Waals surface area contributed by atoms with E-state index in [1.807, 2.05) is 34.6 Å². The van der Waals surface area contributed by atoms with Crippen LogP contribution in [0.2, 0.25) is 0 Å². The highest BCUT2D eigenvalue weighted by Crippen LogP contribution is 2.33. The minimum absolute atomic E-state index is 0.0202. The Morgan fingerprint density at radius 1 is 1.20 bits per heavy atom. The molecular weight excluding hydrogens is 591 g/mol. The average Bonchev–Trinajstić information content (AvgIpc) is 3.71. The van der Waals surface area contributed by atoms with Crippen LogP contribution >= 0.6 is 11.3 Å². The lowest BCUT2D eigenvalue weighted by atomic mass is 9.91. The third-order valence-electron chi connectivity index (χ3n) is 7.52. The number of aryl methyl sites for hydroxylation is 1. The SMILES string of the molecule is CCOC(COc1cc(C(C(=O)N2C[C@H](O)C[C@H]2C(=O)N[C@@H](C)c2ccc(-c3scnc3C)cc2F)C(C)C)on1)OCC. The van der Waals surface area contributed by atoms with E-state index < -0.39 is 42.1 Å². The molecule has 0 radical (unpaired) electrons. The molecule has 4 atom stereocenters. The fourth-order valence-corrected chi connectivity index (χ4v) is 6.16. The number of likely N-dealkylation sites (tertiary alicyclic amines) is 1. The smallest absolute Gasteiger partial charge is 0.254 e. The molecule has 2 N–H and O–H groups in total. The van der Waals surface area contributed by atoms with Crippen molar-refractivity contribution in [2.75, 3.05) is 26.4 Å². The summed E-state index contributed by atoms with van der Waals surface area (Å²) in [5, 5.41) is 17.3. The molecule has 2 amide bonds. The Hall–Kier alpha value is -3.39. The van der Waals surface area contributed by atoms with Crippen molar-refractivity contribution in [1.29, 1.82) is 0 Å². The highest BCUT2D eigenvalue weighted by molar-refractivity contribution is 7.13. The van der Waals surface area contributed by atoms with E-state index in [-0.39, 0.29) is 43.0 Å². The first kappa shape index (κ1) is 33.5. The van der Waals surface area contributed by atoms with Crippen LogP contribution in [0.15, 0.2) is 34.3 Å². The van der Waals surface area contributed by atoms with Crippen molar-refractivity contribution in [3.8, 4) is 16.3 Å². The molecular formula is C31H41FN4O7S. The van der Waals surface area contributed by atoms with Crippen LogP contribution < -0.4 is 10.1 Å². The maximum Gasteiger partial charge on any atom is 0.254 e. The molecule has 1 fully saturated rings.